The second kappa shape index (κ2) is 9.84. The molecule has 4 nitrogen and oxygen atoms in total. The molecule has 0 saturated carbocycles. The summed E-state index contributed by atoms with van der Waals surface area (Å²) in [6.45, 7) is 14.4. The Bertz CT molecular complexity index is 884. The molecule has 2 aromatic carbocycles. The van der Waals surface area contributed by atoms with E-state index in [1.807, 2.05) is 45.9 Å². The Labute approximate surface area is 180 Å². The summed E-state index contributed by atoms with van der Waals surface area (Å²) in [5.41, 5.74) is 2.39. The van der Waals surface area contributed by atoms with Crippen molar-refractivity contribution in [2.45, 2.75) is 66.1 Å². The number of methoxy groups -OCH3 is 1. The SMILES string of the molecule is COc1ccc(C(=O)/C=C/c2cc(OC(C)C)cc(OC(C)C)c2C(C)(C)C)cc1. The Morgan fingerprint density at radius 1 is 0.900 bits per heavy atom. The lowest BCUT2D eigenvalue weighted by molar-refractivity contribution is 0.104. The Morgan fingerprint density at radius 2 is 1.50 bits per heavy atom. The van der Waals surface area contributed by atoms with E-state index in [0.717, 1.165) is 28.4 Å². The molecule has 0 spiro atoms. The van der Waals surface area contributed by atoms with Crippen LogP contribution in [0.2, 0.25) is 0 Å². The van der Waals surface area contributed by atoms with Crippen molar-refractivity contribution >= 4 is 11.9 Å². The average molecular weight is 411 g/mol. The fraction of sp³-hybridized carbons (Fsp3) is 0.423. The van der Waals surface area contributed by atoms with Crippen molar-refractivity contribution in [1.82, 2.24) is 0 Å². The molecule has 0 N–H and O–H groups in total. The van der Waals surface area contributed by atoms with Crippen LogP contribution in [-0.4, -0.2) is 25.1 Å². The first-order chi connectivity index (χ1) is 14.0. The van der Waals surface area contributed by atoms with Gasteiger partial charge in [-0.2, -0.15) is 0 Å². The summed E-state index contributed by atoms with van der Waals surface area (Å²) in [5.74, 6) is 2.16. The third-order valence-electron chi connectivity index (χ3n) is 4.38. The zero-order valence-corrected chi connectivity index (χ0v) is 19.4. The average Bonchev–Trinajstić information content (AvgIpc) is 2.63. The quantitative estimate of drug-likeness (QED) is 0.370. The highest BCUT2D eigenvalue weighted by Crippen LogP contribution is 2.39. The van der Waals surface area contributed by atoms with E-state index in [0.29, 0.717) is 5.56 Å². The molecule has 162 valence electrons. The number of allylic oxidation sites excluding steroid dienone is 1. The van der Waals surface area contributed by atoms with Crippen LogP contribution < -0.4 is 14.2 Å². The van der Waals surface area contributed by atoms with E-state index in [9.17, 15) is 4.79 Å². The lowest BCUT2D eigenvalue weighted by Gasteiger charge is -2.27. The highest BCUT2D eigenvalue weighted by molar-refractivity contribution is 6.07. The largest absolute Gasteiger partial charge is 0.497 e. The van der Waals surface area contributed by atoms with Gasteiger partial charge in [0.15, 0.2) is 5.78 Å². The number of ketones is 1. The third kappa shape index (κ3) is 6.38. The molecule has 0 heterocycles. The fourth-order valence-corrected chi connectivity index (χ4v) is 3.25. The minimum atomic E-state index is -0.177. The van der Waals surface area contributed by atoms with Crippen LogP contribution >= 0.6 is 0 Å². The van der Waals surface area contributed by atoms with Crippen LogP contribution in [0.4, 0.5) is 0 Å². The van der Waals surface area contributed by atoms with Crippen LogP contribution in [0.1, 0.15) is 70.0 Å². The molecule has 0 saturated heterocycles. The monoisotopic (exact) mass is 410 g/mol. The highest BCUT2D eigenvalue weighted by atomic mass is 16.5. The van der Waals surface area contributed by atoms with E-state index < -0.39 is 0 Å². The summed E-state index contributed by atoms with van der Waals surface area (Å²) >= 11 is 0. The maximum absolute atomic E-state index is 12.7. The summed E-state index contributed by atoms with van der Waals surface area (Å²) in [4.78, 5) is 12.7. The summed E-state index contributed by atoms with van der Waals surface area (Å²) in [6, 6.07) is 11.0. The standard InChI is InChI=1S/C26H34O4/c1-17(2)29-22-15-20(25(26(5,6)7)24(16-22)30-18(3)4)11-14-23(27)19-9-12-21(28-8)13-10-19/h9-18H,1-8H3/b14-11+. The molecule has 0 unspecified atom stereocenters. The Hall–Kier alpha value is -2.75. The number of ether oxygens (including phenoxy) is 3. The van der Waals surface area contributed by atoms with Crippen LogP contribution in [0.15, 0.2) is 42.5 Å². The lowest BCUT2D eigenvalue weighted by atomic mass is 9.82. The molecule has 0 aromatic heterocycles. The van der Waals surface area contributed by atoms with Crippen molar-refractivity contribution in [2.24, 2.45) is 0 Å². The van der Waals surface area contributed by atoms with Gasteiger partial charge in [0, 0.05) is 17.2 Å². The molecule has 0 atom stereocenters. The van der Waals surface area contributed by atoms with Gasteiger partial charge in [0.05, 0.1) is 19.3 Å². The van der Waals surface area contributed by atoms with Gasteiger partial charge in [-0.25, -0.2) is 0 Å². The number of rotatable bonds is 8. The van der Waals surface area contributed by atoms with Crippen LogP contribution in [0.5, 0.6) is 17.2 Å². The van der Waals surface area contributed by atoms with Crippen LogP contribution in [-0.2, 0) is 5.41 Å². The van der Waals surface area contributed by atoms with Gasteiger partial charge < -0.3 is 14.2 Å². The van der Waals surface area contributed by atoms with Crippen molar-refractivity contribution < 1.29 is 19.0 Å². The molecule has 2 aromatic rings. The summed E-state index contributed by atoms with van der Waals surface area (Å²) < 4.78 is 17.3. The van der Waals surface area contributed by atoms with Crippen LogP contribution in [0, 0.1) is 0 Å². The normalized spacial score (nSPS) is 11.9. The van der Waals surface area contributed by atoms with Crippen LogP contribution in [0.25, 0.3) is 6.08 Å². The van der Waals surface area contributed by atoms with Crippen molar-refractivity contribution in [3.8, 4) is 17.2 Å². The zero-order valence-electron chi connectivity index (χ0n) is 19.4. The Kier molecular flexibility index (Phi) is 7.71. The van der Waals surface area contributed by atoms with E-state index >= 15 is 0 Å². The van der Waals surface area contributed by atoms with Gasteiger partial charge in [0.1, 0.15) is 17.2 Å². The summed E-state index contributed by atoms with van der Waals surface area (Å²) in [6.07, 6.45) is 3.52. The molecule has 4 heteroatoms. The second-order valence-electron chi connectivity index (χ2n) is 8.89. The van der Waals surface area contributed by atoms with Gasteiger partial charge >= 0.3 is 0 Å². The molecule has 2 rings (SSSR count). The fourth-order valence-electron chi connectivity index (χ4n) is 3.25. The van der Waals surface area contributed by atoms with E-state index in [1.165, 1.54) is 0 Å². The summed E-state index contributed by atoms with van der Waals surface area (Å²) in [5, 5.41) is 0. The van der Waals surface area contributed by atoms with Crippen LogP contribution in [0.3, 0.4) is 0 Å². The van der Waals surface area contributed by atoms with Gasteiger partial charge in [0.25, 0.3) is 0 Å². The number of carbonyl (C=O) groups excluding carboxylic acids is 1. The first kappa shape index (κ1) is 23.5. The van der Waals surface area contributed by atoms with E-state index in [1.54, 1.807) is 37.5 Å². The molecule has 0 aliphatic heterocycles. The molecule has 30 heavy (non-hydrogen) atoms. The molecule has 0 fully saturated rings. The van der Waals surface area contributed by atoms with Gasteiger partial charge in [0.2, 0.25) is 0 Å². The number of carbonyl (C=O) groups is 1. The predicted molar refractivity (Wildman–Crippen MR) is 123 cm³/mol. The summed E-state index contributed by atoms with van der Waals surface area (Å²) in [7, 11) is 1.60. The third-order valence-corrected chi connectivity index (χ3v) is 4.38. The molecule has 0 aliphatic rings. The smallest absolute Gasteiger partial charge is 0.185 e. The first-order valence-corrected chi connectivity index (χ1v) is 10.4. The van der Waals surface area contributed by atoms with Gasteiger partial charge in [-0.05, 0) is 75.1 Å². The minimum Gasteiger partial charge on any atom is -0.497 e. The topological polar surface area (TPSA) is 44.8 Å². The van der Waals surface area contributed by atoms with Crippen molar-refractivity contribution in [3.63, 3.8) is 0 Å². The minimum absolute atomic E-state index is 0.0261. The van der Waals surface area contributed by atoms with Crippen molar-refractivity contribution in [3.05, 3.63) is 59.2 Å². The first-order valence-electron chi connectivity index (χ1n) is 10.4. The van der Waals surface area contributed by atoms with E-state index in [-0.39, 0.29) is 23.4 Å². The van der Waals surface area contributed by atoms with Crippen molar-refractivity contribution in [2.75, 3.05) is 7.11 Å². The van der Waals surface area contributed by atoms with Crippen molar-refractivity contribution in [1.29, 1.82) is 0 Å². The van der Waals surface area contributed by atoms with E-state index in [4.69, 9.17) is 14.2 Å². The maximum atomic E-state index is 12.7. The molecular formula is C26H34O4. The number of benzene rings is 2. The molecule has 0 radical (unpaired) electrons. The van der Waals surface area contributed by atoms with E-state index in [2.05, 4.69) is 20.8 Å². The lowest BCUT2D eigenvalue weighted by Crippen LogP contribution is -2.18. The number of hydrogen-bond donors (Lipinski definition) is 0. The molecular weight excluding hydrogens is 376 g/mol. The zero-order chi connectivity index (χ0) is 22.5. The van der Waals surface area contributed by atoms with Gasteiger partial charge in [-0.1, -0.05) is 26.8 Å². The molecule has 0 bridgehead atoms. The predicted octanol–water partition coefficient (Wildman–Crippen LogP) is 6.46. The van der Waals surface area contributed by atoms with Gasteiger partial charge in [-0.3, -0.25) is 4.79 Å². The van der Waals surface area contributed by atoms with Gasteiger partial charge in [-0.15, -0.1) is 0 Å². The Balaban J connectivity index is 2.51. The molecule has 0 amide bonds. The second-order valence-corrected chi connectivity index (χ2v) is 8.89. The number of hydrogen-bond acceptors (Lipinski definition) is 4. The highest BCUT2D eigenvalue weighted by Gasteiger charge is 2.24. The maximum Gasteiger partial charge on any atom is 0.185 e. The molecule has 0 aliphatic carbocycles. The Morgan fingerprint density at radius 3 is 2.00 bits per heavy atom.